The summed E-state index contributed by atoms with van der Waals surface area (Å²) >= 11 is 0. The number of esters is 1. The summed E-state index contributed by atoms with van der Waals surface area (Å²) in [6.07, 6.45) is -0.165. The van der Waals surface area contributed by atoms with Crippen LogP contribution in [0.25, 0.3) is 0 Å². The Kier molecular flexibility index (Phi) is 5.08. The van der Waals surface area contributed by atoms with Crippen LogP contribution in [0.1, 0.15) is 34.6 Å². The van der Waals surface area contributed by atoms with E-state index in [-0.39, 0.29) is 18.8 Å². The van der Waals surface area contributed by atoms with Gasteiger partial charge in [0, 0.05) is 6.04 Å². The minimum absolute atomic E-state index is 0.117. The maximum absolute atomic E-state index is 11.6. The second kappa shape index (κ2) is 5.32. The molecule has 14 heavy (non-hydrogen) atoms. The molecule has 0 heterocycles. The number of hydrogen-bond acceptors (Lipinski definition) is 4. The first-order valence-corrected chi connectivity index (χ1v) is 4.91. The molecule has 4 nitrogen and oxygen atoms in total. The van der Waals surface area contributed by atoms with Gasteiger partial charge in [0.2, 0.25) is 0 Å². The van der Waals surface area contributed by atoms with Gasteiger partial charge in [0.05, 0.1) is 12.7 Å². The highest BCUT2D eigenvalue weighted by Crippen LogP contribution is 2.08. The van der Waals surface area contributed by atoms with E-state index in [1.54, 1.807) is 20.8 Å². The molecule has 0 spiro atoms. The van der Waals surface area contributed by atoms with Gasteiger partial charge in [0.1, 0.15) is 5.54 Å². The summed E-state index contributed by atoms with van der Waals surface area (Å²) in [7, 11) is 0. The average Bonchev–Trinajstić information content (AvgIpc) is 2.01. The smallest absolute Gasteiger partial charge is 0.328 e. The van der Waals surface area contributed by atoms with Gasteiger partial charge in [-0.1, -0.05) is 0 Å². The molecule has 0 saturated carbocycles. The van der Waals surface area contributed by atoms with E-state index in [0.717, 1.165) is 0 Å². The first kappa shape index (κ1) is 13.4. The molecule has 0 aliphatic rings. The van der Waals surface area contributed by atoms with Crippen LogP contribution in [0, 0.1) is 0 Å². The predicted octanol–water partition coefficient (Wildman–Crippen LogP) is 0.687. The lowest BCUT2D eigenvalue weighted by molar-refractivity contribution is -0.157. The van der Waals surface area contributed by atoms with Crippen molar-refractivity contribution in [3.63, 3.8) is 0 Å². The van der Waals surface area contributed by atoms with Crippen LogP contribution in [0.15, 0.2) is 0 Å². The summed E-state index contributed by atoms with van der Waals surface area (Å²) in [5, 5.41) is 12.1. The van der Waals surface area contributed by atoms with Crippen LogP contribution in [-0.4, -0.2) is 35.4 Å². The minimum atomic E-state index is -1.00. The number of ether oxygens (including phenoxy) is 1. The molecule has 0 radical (unpaired) electrons. The monoisotopic (exact) mass is 203 g/mol. The van der Waals surface area contributed by atoms with Crippen molar-refractivity contribution in [3.8, 4) is 0 Å². The van der Waals surface area contributed by atoms with Crippen molar-refractivity contribution in [2.75, 3.05) is 6.61 Å². The third kappa shape index (κ3) is 4.07. The van der Waals surface area contributed by atoms with E-state index in [1.807, 2.05) is 13.8 Å². The van der Waals surface area contributed by atoms with Gasteiger partial charge in [0.15, 0.2) is 0 Å². The Morgan fingerprint density at radius 1 is 1.43 bits per heavy atom. The Balaban J connectivity index is 4.43. The molecule has 0 unspecified atom stereocenters. The van der Waals surface area contributed by atoms with E-state index in [1.165, 1.54) is 0 Å². The highest BCUT2D eigenvalue weighted by Gasteiger charge is 2.35. The topological polar surface area (TPSA) is 58.6 Å². The summed E-state index contributed by atoms with van der Waals surface area (Å²) in [6.45, 7) is 8.76. The molecule has 84 valence electrons. The van der Waals surface area contributed by atoms with E-state index >= 15 is 0 Å². The molecule has 1 atom stereocenters. The van der Waals surface area contributed by atoms with Gasteiger partial charge in [-0.25, -0.2) is 4.79 Å². The number of nitrogens with one attached hydrogen (secondary N) is 1. The zero-order valence-corrected chi connectivity index (χ0v) is 9.63. The van der Waals surface area contributed by atoms with Gasteiger partial charge in [-0.05, 0) is 34.6 Å². The molecule has 0 aliphatic carbocycles. The standard InChI is InChI=1S/C10H21NO3/c1-7(2)11-10(5,6-12)9(13)14-8(3)4/h7-8,11-12H,6H2,1-5H3/t10-/m0/s1. The van der Waals surface area contributed by atoms with Crippen molar-refractivity contribution in [2.24, 2.45) is 0 Å². The quantitative estimate of drug-likeness (QED) is 0.645. The van der Waals surface area contributed by atoms with E-state index in [2.05, 4.69) is 5.32 Å². The number of hydrogen-bond donors (Lipinski definition) is 2. The minimum Gasteiger partial charge on any atom is -0.462 e. The van der Waals surface area contributed by atoms with Crippen molar-refractivity contribution in [2.45, 2.75) is 52.3 Å². The van der Waals surface area contributed by atoms with E-state index < -0.39 is 11.5 Å². The SMILES string of the molecule is CC(C)N[C@@](C)(CO)C(=O)OC(C)C. The Bertz CT molecular complexity index is 192. The summed E-state index contributed by atoms with van der Waals surface area (Å²) in [5.41, 5.74) is -1.00. The van der Waals surface area contributed by atoms with Gasteiger partial charge in [-0.2, -0.15) is 0 Å². The zero-order chi connectivity index (χ0) is 11.4. The average molecular weight is 203 g/mol. The van der Waals surface area contributed by atoms with Crippen LogP contribution < -0.4 is 5.32 Å². The number of carbonyl (C=O) groups excluding carboxylic acids is 1. The molecule has 0 amide bonds. The predicted molar refractivity (Wildman–Crippen MR) is 55.0 cm³/mol. The lowest BCUT2D eigenvalue weighted by Crippen LogP contribution is -2.56. The molecular formula is C10H21NO3. The van der Waals surface area contributed by atoms with Crippen LogP contribution >= 0.6 is 0 Å². The van der Waals surface area contributed by atoms with Crippen molar-refractivity contribution in [1.82, 2.24) is 5.32 Å². The Hall–Kier alpha value is -0.610. The second-order valence-electron chi connectivity index (χ2n) is 4.24. The van der Waals surface area contributed by atoms with Crippen LogP contribution in [0.2, 0.25) is 0 Å². The molecule has 4 heteroatoms. The van der Waals surface area contributed by atoms with Crippen LogP contribution in [0.5, 0.6) is 0 Å². The van der Waals surface area contributed by atoms with E-state index in [4.69, 9.17) is 9.84 Å². The zero-order valence-electron chi connectivity index (χ0n) is 9.63. The van der Waals surface area contributed by atoms with Gasteiger partial charge in [-0.15, -0.1) is 0 Å². The fourth-order valence-corrected chi connectivity index (χ4v) is 1.15. The van der Waals surface area contributed by atoms with Crippen LogP contribution in [0.4, 0.5) is 0 Å². The fraction of sp³-hybridized carbons (Fsp3) is 0.900. The number of aliphatic hydroxyl groups excluding tert-OH is 1. The van der Waals surface area contributed by atoms with Crippen LogP contribution in [-0.2, 0) is 9.53 Å². The summed E-state index contributed by atoms with van der Waals surface area (Å²) in [6, 6.07) is 0.117. The molecule has 0 aromatic rings. The van der Waals surface area contributed by atoms with E-state index in [9.17, 15) is 4.79 Å². The van der Waals surface area contributed by atoms with Gasteiger partial charge >= 0.3 is 5.97 Å². The number of rotatable bonds is 5. The second-order valence-corrected chi connectivity index (χ2v) is 4.24. The molecule has 0 fully saturated rings. The number of carbonyl (C=O) groups is 1. The molecule has 0 aromatic carbocycles. The molecule has 2 N–H and O–H groups in total. The van der Waals surface area contributed by atoms with E-state index in [0.29, 0.717) is 0 Å². The lowest BCUT2D eigenvalue weighted by atomic mass is 10.0. The van der Waals surface area contributed by atoms with Gasteiger partial charge in [0.25, 0.3) is 0 Å². The highest BCUT2D eigenvalue weighted by molar-refractivity contribution is 5.80. The van der Waals surface area contributed by atoms with Crippen LogP contribution in [0.3, 0.4) is 0 Å². The summed E-state index contributed by atoms with van der Waals surface area (Å²) in [4.78, 5) is 11.6. The maximum Gasteiger partial charge on any atom is 0.328 e. The Morgan fingerprint density at radius 2 is 1.93 bits per heavy atom. The molecule has 0 bridgehead atoms. The van der Waals surface area contributed by atoms with Crippen molar-refractivity contribution < 1.29 is 14.6 Å². The third-order valence-electron chi connectivity index (χ3n) is 1.72. The summed E-state index contributed by atoms with van der Waals surface area (Å²) in [5.74, 6) is -0.413. The largest absolute Gasteiger partial charge is 0.462 e. The normalized spacial score (nSPS) is 15.7. The first-order valence-electron chi connectivity index (χ1n) is 4.91. The molecular weight excluding hydrogens is 182 g/mol. The fourth-order valence-electron chi connectivity index (χ4n) is 1.15. The molecule has 0 aromatic heterocycles. The Morgan fingerprint density at radius 3 is 2.21 bits per heavy atom. The molecule has 0 saturated heterocycles. The summed E-state index contributed by atoms with van der Waals surface area (Å²) < 4.78 is 5.05. The van der Waals surface area contributed by atoms with Gasteiger partial charge < -0.3 is 9.84 Å². The lowest BCUT2D eigenvalue weighted by Gasteiger charge is -2.29. The van der Waals surface area contributed by atoms with Crippen molar-refractivity contribution in [1.29, 1.82) is 0 Å². The van der Waals surface area contributed by atoms with Crippen molar-refractivity contribution >= 4 is 5.97 Å². The number of aliphatic hydroxyl groups is 1. The molecule has 0 aliphatic heterocycles. The van der Waals surface area contributed by atoms with Crippen molar-refractivity contribution in [3.05, 3.63) is 0 Å². The highest BCUT2D eigenvalue weighted by atomic mass is 16.5. The van der Waals surface area contributed by atoms with Gasteiger partial charge in [-0.3, -0.25) is 5.32 Å². The molecule has 0 rings (SSSR count). The first-order chi connectivity index (χ1) is 6.31. The maximum atomic E-state index is 11.6. The Labute approximate surface area is 85.6 Å². The third-order valence-corrected chi connectivity index (χ3v) is 1.72.